The maximum absolute atomic E-state index is 13.5. The number of hydrogen-bond donors (Lipinski definition) is 1. The first-order valence-electron chi connectivity index (χ1n) is 7.17. The van der Waals surface area contributed by atoms with Crippen molar-refractivity contribution >= 4 is 23.3 Å². The fourth-order valence-corrected chi connectivity index (χ4v) is 3.24. The third-order valence-electron chi connectivity index (χ3n) is 4.03. The second kappa shape index (κ2) is 5.68. The summed E-state index contributed by atoms with van der Waals surface area (Å²) in [6.07, 6.45) is 2.11. The van der Waals surface area contributed by atoms with Crippen molar-refractivity contribution < 1.29 is 13.9 Å². The summed E-state index contributed by atoms with van der Waals surface area (Å²) in [5.74, 6) is -0.774. The fraction of sp³-hybridized carbons (Fsp3) is 0.375. The zero-order valence-electron chi connectivity index (χ0n) is 12.4. The molecular formula is C16H17FN2O2S. The summed E-state index contributed by atoms with van der Waals surface area (Å²) in [5.41, 5.74) is 1.92. The second-order valence-electron chi connectivity index (χ2n) is 5.53. The summed E-state index contributed by atoms with van der Waals surface area (Å²) in [6, 6.07) is 6.01. The first-order valence-corrected chi connectivity index (χ1v) is 7.58. The topological polar surface area (TPSA) is 41.6 Å². The van der Waals surface area contributed by atoms with E-state index in [2.05, 4.69) is 5.32 Å². The molecule has 0 amide bonds. The van der Waals surface area contributed by atoms with Crippen LogP contribution in [0, 0.1) is 5.82 Å². The summed E-state index contributed by atoms with van der Waals surface area (Å²) in [5, 5.41) is 3.73. The fourth-order valence-electron chi connectivity index (χ4n) is 2.84. The number of allylic oxidation sites excluding steroid dienone is 1. The number of nitrogens with one attached hydrogen (secondary N) is 1. The van der Waals surface area contributed by atoms with E-state index >= 15 is 0 Å². The Balaban J connectivity index is 2.08. The number of thiocarbonyl (C=S) groups is 1. The van der Waals surface area contributed by atoms with Crippen molar-refractivity contribution in [2.45, 2.75) is 31.8 Å². The van der Waals surface area contributed by atoms with Gasteiger partial charge < -0.3 is 15.0 Å². The van der Waals surface area contributed by atoms with Crippen LogP contribution in [0.3, 0.4) is 0 Å². The molecular weight excluding hydrogens is 303 g/mol. The minimum atomic E-state index is -0.495. The normalized spacial score (nSPS) is 21.7. The van der Waals surface area contributed by atoms with Crippen LogP contribution in [0.1, 0.15) is 31.4 Å². The van der Waals surface area contributed by atoms with Crippen molar-refractivity contribution in [1.82, 2.24) is 10.2 Å². The van der Waals surface area contributed by atoms with E-state index in [-0.39, 0.29) is 5.82 Å². The van der Waals surface area contributed by atoms with Crippen molar-refractivity contribution in [3.8, 4) is 0 Å². The Hall–Kier alpha value is -1.95. The number of ether oxygens (including phenoxy) is 1. The Kier molecular flexibility index (Phi) is 3.87. The molecule has 1 fully saturated rings. The van der Waals surface area contributed by atoms with Crippen molar-refractivity contribution in [2.75, 3.05) is 7.11 Å². The van der Waals surface area contributed by atoms with Gasteiger partial charge in [-0.05, 0) is 49.7 Å². The molecule has 1 aromatic carbocycles. The van der Waals surface area contributed by atoms with Crippen LogP contribution in [-0.2, 0) is 9.53 Å². The van der Waals surface area contributed by atoms with E-state index < -0.39 is 12.0 Å². The number of methoxy groups -OCH3 is 1. The van der Waals surface area contributed by atoms with Crippen LogP contribution < -0.4 is 5.32 Å². The van der Waals surface area contributed by atoms with E-state index in [0.29, 0.717) is 22.3 Å². The Bertz CT molecular complexity index is 670. The maximum atomic E-state index is 13.5. The van der Waals surface area contributed by atoms with Gasteiger partial charge in [-0.1, -0.05) is 12.1 Å². The molecule has 0 spiro atoms. The molecule has 0 radical (unpaired) electrons. The maximum Gasteiger partial charge on any atom is 0.337 e. The summed E-state index contributed by atoms with van der Waals surface area (Å²) < 4.78 is 18.5. The minimum Gasteiger partial charge on any atom is -0.466 e. The van der Waals surface area contributed by atoms with Crippen LogP contribution in [0.15, 0.2) is 35.5 Å². The highest BCUT2D eigenvalue weighted by Gasteiger charge is 2.40. The molecule has 116 valence electrons. The molecule has 3 rings (SSSR count). The number of hydrogen-bond acceptors (Lipinski definition) is 3. The van der Waals surface area contributed by atoms with Gasteiger partial charge in [0.1, 0.15) is 5.82 Å². The van der Waals surface area contributed by atoms with Gasteiger partial charge in [-0.2, -0.15) is 0 Å². The van der Waals surface area contributed by atoms with E-state index in [0.717, 1.165) is 18.5 Å². The van der Waals surface area contributed by atoms with Gasteiger partial charge in [0.05, 0.1) is 18.7 Å². The Morgan fingerprint density at radius 1 is 1.45 bits per heavy atom. The van der Waals surface area contributed by atoms with Crippen LogP contribution in [-0.4, -0.2) is 29.1 Å². The van der Waals surface area contributed by atoms with Crippen LogP contribution >= 0.6 is 12.2 Å². The monoisotopic (exact) mass is 320 g/mol. The zero-order chi connectivity index (χ0) is 15.9. The number of esters is 1. The molecule has 0 saturated heterocycles. The molecule has 1 N–H and O–H groups in total. The standard InChI is InChI=1S/C16H17FN2O2S/c1-9-13(15(20)21-2)14(10-4-3-5-11(17)8-10)18-16(22)19(9)12-6-7-12/h3-5,8,12,14H,6-7H2,1-2H3,(H,18,22)/t14-/m0/s1. The van der Waals surface area contributed by atoms with E-state index in [1.54, 1.807) is 12.1 Å². The lowest BCUT2D eigenvalue weighted by atomic mass is 9.95. The largest absolute Gasteiger partial charge is 0.466 e. The highest BCUT2D eigenvalue weighted by Crippen LogP contribution is 2.37. The highest BCUT2D eigenvalue weighted by atomic mass is 32.1. The van der Waals surface area contributed by atoms with Gasteiger partial charge in [0.15, 0.2) is 5.11 Å². The first kappa shape index (κ1) is 15.0. The predicted molar refractivity (Wildman–Crippen MR) is 84.5 cm³/mol. The number of carbonyl (C=O) groups is 1. The quantitative estimate of drug-likeness (QED) is 0.685. The van der Waals surface area contributed by atoms with Crippen LogP contribution in [0.2, 0.25) is 0 Å². The molecule has 0 bridgehead atoms. The molecule has 4 nitrogen and oxygen atoms in total. The van der Waals surface area contributed by atoms with Gasteiger partial charge in [0.2, 0.25) is 0 Å². The number of benzene rings is 1. The molecule has 0 unspecified atom stereocenters. The van der Waals surface area contributed by atoms with Gasteiger partial charge in [0.25, 0.3) is 0 Å². The smallest absolute Gasteiger partial charge is 0.337 e. The molecule has 1 atom stereocenters. The predicted octanol–water partition coefficient (Wildman–Crippen LogP) is 2.67. The number of halogens is 1. The molecule has 22 heavy (non-hydrogen) atoms. The van der Waals surface area contributed by atoms with Gasteiger partial charge >= 0.3 is 5.97 Å². The molecule has 6 heteroatoms. The van der Waals surface area contributed by atoms with Crippen molar-refractivity contribution in [1.29, 1.82) is 0 Å². The minimum absolute atomic E-state index is 0.341. The average molecular weight is 320 g/mol. The van der Waals surface area contributed by atoms with E-state index in [1.807, 2.05) is 11.8 Å². The van der Waals surface area contributed by atoms with Gasteiger partial charge in [0, 0.05) is 11.7 Å². The third-order valence-corrected chi connectivity index (χ3v) is 4.34. The lowest BCUT2D eigenvalue weighted by Crippen LogP contribution is -2.48. The lowest BCUT2D eigenvalue weighted by Gasteiger charge is -2.37. The molecule has 1 heterocycles. The van der Waals surface area contributed by atoms with E-state index in [9.17, 15) is 9.18 Å². The molecule has 1 saturated carbocycles. The SMILES string of the molecule is COC(=O)C1=C(C)N(C2CC2)C(=S)N[C@H]1c1cccc(F)c1. The summed E-state index contributed by atoms with van der Waals surface area (Å²) in [4.78, 5) is 14.2. The first-order chi connectivity index (χ1) is 10.5. The Labute approximate surface area is 133 Å². The Morgan fingerprint density at radius 3 is 2.77 bits per heavy atom. The lowest BCUT2D eigenvalue weighted by molar-refractivity contribution is -0.136. The summed E-state index contributed by atoms with van der Waals surface area (Å²) >= 11 is 5.44. The number of rotatable bonds is 3. The molecule has 1 aromatic rings. The van der Waals surface area contributed by atoms with Crippen molar-refractivity contribution in [3.63, 3.8) is 0 Å². The van der Waals surface area contributed by atoms with Crippen LogP contribution in [0.25, 0.3) is 0 Å². The summed E-state index contributed by atoms with van der Waals surface area (Å²) in [7, 11) is 1.35. The summed E-state index contributed by atoms with van der Waals surface area (Å²) in [6.45, 7) is 1.87. The van der Waals surface area contributed by atoms with E-state index in [1.165, 1.54) is 19.2 Å². The van der Waals surface area contributed by atoms with E-state index in [4.69, 9.17) is 17.0 Å². The zero-order valence-corrected chi connectivity index (χ0v) is 13.2. The van der Waals surface area contributed by atoms with Gasteiger partial charge in [-0.25, -0.2) is 9.18 Å². The average Bonchev–Trinajstić information content (AvgIpc) is 3.30. The number of nitrogens with zero attached hydrogens (tertiary/aromatic N) is 1. The highest BCUT2D eigenvalue weighted by molar-refractivity contribution is 7.80. The molecule has 0 aromatic heterocycles. The van der Waals surface area contributed by atoms with Crippen molar-refractivity contribution in [2.24, 2.45) is 0 Å². The van der Waals surface area contributed by atoms with Gasteiger partial charge in [-0.15, -0.1) is 0 Å². The third kappa shape index (κ3) is 2.59. The van der Waals surface area contributed by atoms with Crippen molar-refractivity contribution in [3.05, 3.63) is 46.9 Å². The molecule has 1 aliphatic heterocycles. The Morgan fingerprint density at radius 2 is 2.18 bits per heavy atom. The second-order valence-corrected chi connectivity index (χ2v) is 5.92. The van der Waals surface area contributed by atoms with Gasteiger partial charge in [-0.3, -0.25) is 0 Å². The molecule has 2 aliphatic rings. The number of carbonyl (C=O) groups excluding carboxylic acids is 1. The van der Waals surface area contributed by atoms with Crippen LogP contribution in [0.5, 0.6) is 0 Å². The molecule has 1 aliphatic carbocycles. The van der Waals surface area contributed by atoms with Crippen LogP contribution in [0.4, 0.5) is 4.39 Å².